The fourth-order valence-electron chi connectivity index (χ4n) is 6.92. The first-order valence-corrected chi connectivity index (χ1v) is 16.8. The van der Waals surface area contributed by atoms with Gasteiger partial charge in [0.05, 0.1) is 15.8 Å². The summed E-state index contributed by atoms with van der Waals surface area (Å²) in [6.07, 6.45) is 0. The molecule has 0 aliphatic carbocycles. The number of thiophene rings is 1. The minimum atomic E-state index is 0.586. The number of oxazole rings is 1. The monoisotopic (exact) mass is 634 g/mol. The number of benzene rings is 7. The van der Waals surface area contributed by atoms with E-state index in [4.69, 9.17) is 13.8 Å². The summed E-state index contributed by atoms with van der Waals surface area (Å²) >= 11 is 1.84. The minimum absolute atomic E-state index is 0.586. The van der Waals surface area contributed by atoms with Crippen molar-refractivity contribution in [2.24, 2.45) is 0 Å². The van der Waals surface area contributed by atoms with Gasteiger partial charge < -0.3 is 13.7 Å². The molecule has 0 unspecified atom stereocenters. The third-order valence-electron chi connectivity index (χ3n) is 9.08. The summed E-state index contributed by atoms with van der Waals surface area (Å²) in [7, 11) is 0. The van der Waals surface area contributed by atoms with Crippen LogP contribution < -0.4 is 4.90 Å². The van der Waals surface area contributed by atoms with Crippen LogP contribution in [0.25, 0.3) is 75.8 Å². The van der Waals surface area contributed by atoms with E-state index in [2.05, 4.69) is 114 Å². The molecule has 4 nitrogen and oxygen atoms in total. The number of fused-ring (bicyclic) bond motifs is 8. The smallest absolute Gasteiger partial charge is 0.227 e. The van der Waals surface area contributed by atoms with Crippen LogP contribution in [0.3, 0.4) is 0 Å². The van der Waals surface area contributed by atoms with E-state index in [1.807, 2.05) is 59.9 Å². The zero-order valence-corrected chi connectivity index (χ0v) is 26.4. The van der Waals surface area contributed by atoms with Gasteiger partial charge in [-0.15, -0.1) is 11.3 Å². The van der Waals surface area contributed by atoms with Gasteiger partial charge in [0.1, 0.15) is 16.7 Å². The maximum Gasteiger partial charge on any atom is 0.227 e. The van der Waals surface area contributed by atoms with Crippen LogP contribution in [0.4, 0.5) is 17.1 Å². The number of anilines is 3. The van der Waals surface area contributed by atoms with Crippen molar-refractivity contribution in [2.45, 2.75) is 0 Å². The van der Waals surface area contributed by atoms with Crippen LogP contribution in [0.1, 0.15) is 0 Å². The second-order valence-corrected chi connectivity index (χ2v) is 13.0. The molecule has 0 atom stereocenters. The molecule has 48 heavy (non-hydrogen) atoms. The first-order chi connectivity index (χ1) is 23.8. The van der Waals surface area contributed by atoms with E-state index in [0.717, 1.165) is 66.8 Å². The Morgan fingerprint density at radius 3 is 2.08 bits per heavy atom. The van der Waals surface area contributed by atoms with Crippen LogP contribution >= 0.6 is 11.3 Å². The Morgan fingerprint density at radius 2 is 1.21 bits per heavy atom. The fourth-order valence-corrected chi connectivity index (χ4v) is 8.13. The van der Waals surface area contributed by atoms with Crippen LogP contribution in [0.15, 0.2) is 167 Å². The molecule has 10 rings (SSSR count). The summed E-state index contributed by atoms with van der Waals surface area (Å²) in [5.74, 6) is 0.586. The van der Waals surface area contributed by atoms with Crippen LogP contribution in [-0.2, 0) is 0 Å². The van der Waals surface area contributed by atoms with E-state index < -0.39 is 0 Å². The van der Waals surface area contributed by atoms with Gasteiger partial charge in [-0.05, 0) is 66.2 Å². The number of hydrogen-bond acceptors (Lipinski definition) is 5. The number of nitrogens with zero attached hydrogens (tertiary/aromatic N) is 2. The molecule has 226 valence electrons. The van der Waals surface area contributed by atoms with Crippen LogP contribution in [0.5, 0.6) is 0 Å². The van der Waals surface area contributed by atoms with Crippen molar-refractivity contribution in [1.82, 2.24) is 4.98 Å². The maximum atomic E-state index is 6.66. The topological polar surface area (TPSA) is 42.4 Å². The number of furan rings is 1. The lowest BCUT2D eigenvalue weighted by molar-refractivity contribution is 0.620. The molecule has 0 saturated carbocycles. The SMILES string of the molecule is c1ccc(-c2nc3c(o2)c(-c2cccc(N(c4ccccc4)c4cccc5c4sc4ccccc45)c2)cc2oc4ccccc4c23)cc1. The van der Waals surface area contributed by atoms with E-state index >= 15 is 0 Å². The molecule has 0 N–H and O–H groups in total. The number of para-hydroxylation sites is 2. The fraction of sp³-hybridized carbons (Fsp3) is 0. The second kappa shape index (κ2) is 10.7. The molecular formula is C43H26N2O2S. The quantitative estimate of drug-likeness (QED) is 0.189. The molecule has 3 heterocycles. The van der Waals surface area contributed by atoms with E-state index in [1.54, 1.807) is 0 Å². The van der Waals surface area contributed by atoms with Gasteiger partial charge >= 0.3 is 0 Å². The van der Waals surface area contributed by atoms with Gasteiger partial charge in [0.25, 0.3) is 0 Å². The largest absolute Gasteiger partial charge is 0.456 e. The Bertz CT molecular complexity index is 2790. The summed E-state index contributed by atoms with van der Waals surface area (Å²) in [6.45, 7) is 0. The van der Waals surface area contributed by atoms with Crippen molar-refractivity contribution in [3.63, 3.8) is 0 Å². The van der Waals surface area contributed by atoms with E-state index in [9.17, 15) is 0 Å². The predicted molar refractivity (Wildman–Crippen MR) is 200 cm³/mol. The molecule has 0 bridgehead atoms. The van der Waals surface area contributed by atoms with Crippen molar-refractivity contribution in [3.05, 3.63) is 158 Å². The molecule has 10 aromatic rings. The van der Waals surface area contributed by atoms with Gasteiger partial charge in [0.2, 0.25) is 5.89 Å². The normalized spacial score (nSPS) is 11.8. The Morgan fingerprint density at radius 1 is 0.521 bits per heavy atom. The molecule has 0 aliphatic heterocycles. The predicted octanol–water partition coefficient (Wildman–Crippen LogP) is 12.9. The van der Waals surface area contributed by atoms with Crippen LogP contribution in [0, 0.1) is 0 Å². The molecule has 5 heteroatoms. The third-order valence-corrected chi connectivity index (χ3v) is 10.3. The lowest BCUT2D eigenvalue weighted by Crippen LogP contribution is -2.10. The Balaban J connectivity index is 1.22. The second-order valence-electron chi connectivity index (χ2n) is 11.9. The van der Waals surface area contributed by atoms with E-state index in [0.29, 0.717) is 5.89 Å². The Hall–Kier alpha value is -6.17. The van der Waals surface area contributed by atoms with Crippen LogP contribution in [0.2, 0.25) is 0 Å². The molecule has 0 spiro atoms. The van der Waals surface area contributed by atoms with Gasteiger partial charge in [-0.1, -0.05) is 97.1 Å². The average molecular weight is 635 g/mol. The number of rotatable bonds is 5. The van der Waals surface area contributed by atoms with Gasteiger partial charge in [0, 0.05) is 43.4 Å². The Kier molecular flexibility index (Phi) is 6.01. The zero-order chi connectivity index (χ0) is 31.6. The maximum absolute atomic E-state index is 6.66. The summed E-state index contributed by atoms with van der Waals surface area (Å²) < 4.78 is 15.6. The molecule has 3 aromatic heterocycles. The van der Waals surface area contributed by atoms with Crippen molar-refractivity contribution < 1.29 is 8.83 Å². The summed E-state index contributed by atoms with van der Waals surface area (Å²) in [6, 6.07) is 54.8. The van der Waals surface area contributed by atoms with Crippen molar-refractivity contribution in [2.75, 3.05) is 4.90 Å². The van der Waals surface area contributed by atoms with Crippen molar-refractivity contribution in [3.8, 4) is 22.6 Å². The Labute approximate surface area is 279 Å². The highest BCUT2D eigenvalue weighted by atomic mass is 32.1. The number of aromatic nitrogens is 1. The lowest BCUT2D eigenvalue weighted by atomic mass is 10.0. The van der Waals surface area contributed by atoms with Crippen LogP contribution in [-0.4, -0.2) is 4.98 Å². The first-order valence-electron chi connectivity index (χ1n) is 16.0. The summed E-state index contributed by atoms with van der Waals surface area (Å²) in [5, 5.41) is 4.53. The highest BCUT2D eigenvalue weighted by Crippen LogP contribution is 2.46. The van der Waals surface area contributed by atoms with Crippen molar-refractivity contribution >= 4 is 81.6 Å². The molecule has 7 aromatic carbocycles. The molecular weight excluding hydrogens is 609 g/mol. The highest BCUT2D eigenvalue weighted by Gasteiger charge is 2.23. The highest BCUT2D eigenvalue weighted by molar-refractivity contribution is 7.26. The molecule has 0 fully saturated rings. The van der Waals surface area contributed by atoms with E-state index in [1.165, 1.54) is 20.2 Å². The zero-order valence-electron chi connectivity index (χ0n) is 25.6. The van der Waals surface area contributed by atoms with Gasteiger partial charge in [-0.2, -0.15) is 0 Å². The first kappa shape index (κ1) is 27.0. The molecule has 0 aliphatic rings. The minimum Gasteiger partial charge on any atom is -0.456 e. The molecule has 0 amide bonds. The van der Waals surface area contributed by atoms with Crippen molar-refractivity contribution in [1.29, 1.82) is 0 Å². The van der Waals surface area contributed by atoms with Gasteiger partial charge in [-0.25, -0.2) is 4.98 Å². The number of hydrogen-bond donors (Lipinski definition) is 0. The molecule has 0 saturated heterocycles. The summed E-state index contributed by atoms with van der Waals surface area (Å²) in [5.41, 5.74) is 9.30. The summed E-state index contributed by atoms with van der Waals surface area (Å²) in [4.78, 5) is 7.45. The van der Waals surface area contributed by atoms with E-state index in [-0.39, 0.29) is 0 Å². The standard InChI is InChI=1S/C43H26N2O2S/c1-3-13-27(14-4-1)43-44-40-39-33-20-7-9-23-36(33)46-37(39)26-34(41(40)47-43)28-15-11-18-30(25-28)45(29-16-5-2-6-17-29)35-22-12-21-32-31-19-8-10-24-38(31)48-42(32)35/h1-26H. The van der Waals surface area contributed by atoms with Gasteiger partial charge in [-0.3, -0.25) is 0 Å². The van der Waals surface area contributed by atoms with Gasteiger partial charge in [0.15, 0.2) is 5.58 Å². The average Bonchev–Trinajstić information content (AvgIpc) is 3.86. The molecule has 0 radical (unpaired) electrons. The lowest BCUT2D eigenvalue weighted by Gasteiger charge is -2.26. The third kappa shape index (κ3) is 4.18.